The van der Waals surface area contributed by atoms with Gasteiger partial charge in [-0.2, -0.15) is 0 Å². The Bertz CT molecular complexity index is 979. The Hall–Kier alpha value is -3.07. The number of nitro benzene ring substituents is 1. The maximum absolute atomic E-state index is 13.0. The van der Waals surface area contributed by atoms with E-state index >= 15 is 0 Å². The number of rotatable bonds is 7. The van der Waals surface area contributed by atoms with Crippen LogP contribution in [0.4, 0.5) is 5.69 Å². The van der Waals surface area contributed by atoms with Gasteiger partial charge in [0.2, 0.25) is 0 Å². The van der Waals surface area contributed by atoms with E-state index in [-0.39, 0.29) is 24.6 Å². The number of amides is 1. The van der Waals surface area contributed by atoms with Crippen LogP contribution in [0, 0.1) is 10.1 Å². The molecule has 154 valence electrons. The highest BCUT2D eigenvalue weighted by Crippen LogP contribution is 2.36. The summed E-state index contributed by atoms with van der Waals surface area (Å²) in [6.07, 6.45) is 0.844. The average Bonchev–Trinajstić information content (AvgIpc) is 3.20. The number of carboxylic acid groups (broad SMARTS) is 1. The highest BCUT2D eigenvalue weighted by molar-refractivity contribution is 6.18. The molecule has 0 unspecified atom stereocenters. The van der Waals surface area contributed by atoms with Crippen molar-refractivity contribution in [1.29, 1.82) is 0 Å². The lowest BCUT2D eigenvalue weighted by atomic mass is 10.0. The number of nitrogens with zero attached hydrogens (tertiary/aromatic N) is 2. The molecule has 0 saturated carbocycles. The normalized spacial score (nSPS) is 16.1. The SMILES string of the molecule is COc1cc2cc(C(=O)N3CCC[C@H]3C(=O)O)c([N+](=O)[O-])cc2cc1OCCCl. The molecule has 0 aliphatic carbocycles. The summed E-state index contributed by atoms with van der Waals surface area (Å²) in [6, 6.07) is 4.87. The number of alkyl halides is 1. The molecule has 1 fully saturated rings. The zero-order chi connectivity index (χ0) is 21.1. The van der Waals surface area contributed by atoms with E-state index in [0.717, 1.165) is 0 Å². The molecule has 2 aromatic carbocycles. The topological polar surface area (TPSA) is 119 Å². The Morgan fingerprint density at radius 2 is 1.97 bits per heavy atom. The van der Waals surface area contributed by atoms with Crippen LogP contribution in [0.3, 0.4) is 0 Å². The highest BCUT2D eigenvalue weighted by Gasteiger charge is 2.37. The van der Waals surface area contributed by atoms with Crippen LogP contribution in [-0.4, -0.2) is 59.0 Å². The summed E-state index contributed by atoms with van der Waals surface area (Å²) in [6.45, 7) is 0.465. The molecule has 1 atom stereocenters. The first kappa shape index (κ1) is 20.7. The molecule has 0 aromatic heterocycles. The molecule has 1 amide bonds. The number of hydrogen-bond acceptors (Lipinski definition) is 6. The van der Waals surface area contributed by atoms with Crippen molar-refractivity contribution in [2.24, 2.45) is 0 Å². The average molecular weight is 423 g/mol. The fourth-order valence-corrected chi connectivity index (χ4v) is 3.54. The molecule has 9 nitrogen and oxygen atoms in total. The molecule has 1 heterocycles. The lowest BCUT2D eigenvalue weighted by Gasteiger charge is -2.21. The van der Waals surface area contributed by atoms with Gasteiger partial charge in [0.05, 0.1) is 17.9 Å². The van der Waals surface area contributed by atoms with E-state index in [1.54, 1.807) is 12.1 Å². The number of aliphatic carboxylic acids is 1. The van der Waals surface area contributed by atoms with Crippen LogP contribution in [0.2, 0.25) is 0 Å². The number of nitro groups is 1. The molecule has 3 rings (SSSR count). The maximum atomic E-state index is 13.0. The zero-order valence-electron chi connectivity index (χ0n) is 15.6. The predicted molar refractivity (Wildman–Crippen MR) is 105 cm³/mol. The van der Waals surface area contributed by atoms with Crippen molar-refractivity contribution in [3.05, 3.63) is 39.9 Å². The van der Waals surface area contributed by atoms with E-state index in [1.807, 2.05) is 0 Å². The molecule has 1 saturated heterocycles. The predicted octanol–water partition coefficient (Wildman–Crippen LogP) is 3.06. The number of methoxy groups -OCH3 is 1. The number of halogens is 1. The van der Waals surface area contributed by atoms with Gasteiger partial charge < -0.3 is 19.5 Å². The lowest BCUT2D eigenvalue weighted by Crippen LogP contribution is -2.40. The van der Waals surface area contributed by atoms with Crippen molar-refractivity contribution < 1.29 is 29.1 Å². The van der Waals surface area contributed by atoms with Crippen molar-refractivity contribution in [3.63, 3.8) is 0 Å². The highest BCUT2D eigenvalue weighted by atomic mass is 35.5. The first-order chi connectivity index (χ1) is 13.9. The molecule has 0 bridgehead atoms. The molecule has 29 heavy (non-hydrogen) atoms. The minimum atomic E-state index is -1.12. The van der Waals surface area contributed by atoms with Crippen LogP contribution < -0.4 is 9.47 Å². The van der Waals surface area contributed by atoms with Crippen molar-refractivity contribution in [2.45, 2.75) is 18.9 Å². The van der Waals surface area contributed by atoms with Crippen LogP contribution in [0.25, 0.3) is 10.8 Å². The number of fused-ring (bicyclic) bond motifs is 1. The molecule has 1 N–H and O–H groups in total. The minimum absolute atomic E-state index is 0.160. The van der Waals surface area contributed by atoms with Gasteiger partial charge >= 0.3 is 5.97 Å². The summed E-state index contributed by atoms with van der Waals surface area (Å²) in [5.41, 5.74) is -0.556. The number of benzene rings is 2. The summed E-state index contributed by atoms with van der Waals surface area (Å²) in [4.78, 5) is 36.5. The second-order valence-corrected chi connectivity index (χ2v) is 6.89. The Labute approximate surface area is 170 Å². The summed E-state index contributed by atoms with van der Waals surface area (Å²) in [7, 11) is 1.45. The number of hydrogen-bond donors (Lipinski definition) is 1. The monoisotopic (exact) mass is 422 g/mol. The van der Waals surface area contributed by atoms with E-state index in [9.17, 15) is 24.8 Å². The smallest absolute Gasteiger partial charge is 0.326 e. The molecule has 1 aliphatic heterocycles. The van der Waals surface area contributed by atoms with E-state index in [2.05, 4.69) is 0 Å². The number of carbonyl (C=O) groups is 2. The van der Waals surface area contributed by atoms with Crippen LogP contribution in [0.5, 0.6) is 11.5 Å². The quantitative estimate of drug-likeness (QED) is 0.413. The second-order valence-electron chi connectivity index (χ2n) is 6.51. The second kappa shape index (κ2) is 8.52. The first-order valence-corrected chi connectivity index (χ1v) is 9.43. The van der Waals surface area contributed by atoms with Crippen molar-refractivity contribution in [3.8, 4) is 11.5 Å². The van der Waals surface area contributed by atoms with Gasteiger partial charge in [0, 0.05) is 12.6 Å². The molecule has 2 aromatic rings. The Morgan fingerprint density at radius 3 is 2.59 bits per heavy atom. The van der Waals surface area contributed by atoms with Gasteiger partial charge in [-0.3, -0.25) is 14.9 Å². The van der Waals surface area contributed by atoms with E-state index in [4.69, 9.17) is 21.1 Å². The third-order valence-corrected chi connectivity index (χ3v) is 4.95. The van der Waals surface area contributed by atoms with Crippen LogP contribution in [-0.2, 0) is 4.79 Å². The maximum Gasteiger partial charge on any atom is 0.326 e. The van der Waals surface area contributed by atoms with E-state index < -0.39 is 28.5 Å². The number of carboxylic acids is 1. The van der Waals surface area contributed by atoms with Gasteiger partial charge in [-0.1, -0.05) is 0 Å². The van der Waals surface area contributed by atoms with Crippen molar-refractivity contribution in [1.82, 2.24) is 4.90 Å². The molecule has 0 radical (unpaired) electrons. The molecule has 10 heteroatoms. The molecule has 1 aliphatic rings. The largest absolute Gasteiger partial charge is 0.493 e. The number of ether oxygens (including phenoxy) is 2. The van der Waals surface area contributed by atoms with Gasteiger partial charge in [0.15, 0.2) is 11.5 Å². The standard InChI is InChI=1S/C19H19ClN2O7/c1-28-16-9-11-7-13(18(23)21-5-2-3-14(21)19(24)25)15(22(26)27)8-12(11)10-17(16)29-6-4-20/h7-10,14H,2-6H2,1H3,(H,24,25)/t14-/m0/s1. The zero-order valence-corrected chi connectivity index (χ0v) is 16.3. The summed E-state index contributed by atoms with van der Waals surface area (Å²) in [5.74, 6) is -0.777. The Kier molecular flexibility index (Phi) is 6.07. The third-order valence-electron chi connectivity index (χ3n) is 4.80. The van der Waals surface area contributed by atoms with Gasteiger partial charge in [0.1, 0.15) is 18.2 Å². The molecular weight excluding hydrogens is 404 g/mol. The summed E-state index contributed by atoms with van der Waals surface area (Å²) >= 11 is 5.64. The molecule has 0 spiro atoms. The van der Waals surface area contributed by atoms with Crippen LogP contribution in [0.15, 0.2) is 24.3 Å². The molecular formula is C19H19ClN2O7. The number of likely N-dealkylation sites (tertiary alicyclic amines) is 1. The van der Waals surface area contributed by atoms with E-state index in [1.165, 1.54) is 24.1 Å². The lowest BCUT2D eigenvalue weighted by molar-refractivity contribution is -0.385. The van der Waals surface area contributed by atoms with Gasteiger partial charge in [-0.25, -0.2) is 4.79 Å². The minimum Gasteiger partial charge on any atom is -0.493 e. The first-order valence-electron chi connectivity index (χ1n) is 8.90. The summed E-state index contributed by atoms with van der Waals surface area (Å²) in [5, 5.41) is 22.0. The van der Waals surface area contributed by atoms with Crippen molar-refractivity contribution in [2.75, 3.05) is 26.1 Å². The fourth-order valence-electron chi connectivity index (χ4n) is 3.46. The Balaban J connectivity index is 2.11. The number of carbonyl (C=O) groups excluding carboxylic acids is 1. The van der Waals surface area contributed by atoms with Gasteiger partial charge in [0.25, 0.3) is 11.6 Å². The Morgan fingerprint density at radius 1 is 1.28 bits per heavy atom. The van der Waals surface area contributed by atoms with Crippen LogP contribution in [0.1, 0.15) is 23.2 Å². The third kappa shape index (κ3) is 4.04. The van der Waals surface area contributed by atoms with Gasteiger partial charge in [-0.15, -0.1) is 11.6 Å². The fraction of sp³-hybridized carbons (Fsp3) is 0.368. The van der Waals surface area contributed by atoms with Gasteiger partial charge in [-0.05, 0) is 41.8 Å². The van der Waals surface area contributed by atoms with Crippen molar-refractivity contribution >= 4 is 39.9 Å². The summed E-state index contributed by atoms with van der Waals surface area (Å²) < 4.78 is 10.8. The van der Waals surface area contributed by atoms with E-state index in [0.29, 0.717) is 35.1 Å². The van der Waals surface area contributed by atoms with Crippen LogP contribution >= 0.6 is 11.6 Å².